The summed E-state index contributed by atoms with van der Waals surface area (Å²) in [6, 6.07) is 0.625. The van der Waals surface area contributed by atoms with Crippen LogP contribution in [0.15, 0.2) is 6.07 Å². The Labute approximate surface area is 106 Å². The van der Waals surface area contributed by atoms with Gasteiger partial charge < -0.3 is 16.4 Å². The Kier molecular flexibility index (Phi) is 3.45. The van der Waals surface area contributed by atoms with Crippen molar-refractivity contribution in [2.24, 2.45) is 0 Å². The van der Waals surface area contributed by atoms with Crippen molar-refractivity contribution in [2.75, 3.05) is 17.6 Å². The first-order chi connectivity index (χ1) is 8.84. The second-order valence-electron chi connectivity index (χ2n) is 4.18. The van der Waals surface area contributed by atoms with Crippen LogP contribution < -0.4 is 16.4 Å². The van der Waals surface area contributed by atoms with Gasteiger partial charge in [-0.25, -0.2) is 4.98 Å². The van der Waals surface area contributed by atoms with E-state index < -0.39 is 17.8 Å². The van der Waals surface area contributed by atoms with Crippen molar-refractivity contribution < 1.29 is 18.0 Å². The van der Waals surface area contributed by atoms with Gasteiger partial charge in [-0.05, 0) is 6.42 Å². The Balaban J connectivity index is 2.12. The van der Waals surface area contributed by atoms with Crippen molar-refractivity contribution in [1.29, 1.82) is 0 Å². The number of nitrogens with two attached hydrogens (primary N) is 1. The molecule has 0 spiro atoms. The van der Waals surface area contributed by atoms with E-state index in [1.165, 1.54) is 0 Å². The fourth-order valence-corrected chi connectivity index (χ4v) is 1.75. The molecule has 1 aliphatic rings. The summed E-state index contributed by atoms with van der Waals surface area (Å²) in [5.41, 5.74) is 4.16. The van der Waals surface area contributed by atoms with Crippen LogP contribution in [0.3, 0.4) is 0 Å². The predicted octanol–water partition coefficient (Wildman–Crippen LogP) is 0.768. The van der Waals surface area contributed by atoms with Crippen molar-refractivity contribution in [3.05, 3.63) is 11.8 Å². The average molecular weight is 275 g/mol. The normalized spacial score (nSPS) is 19.9. The maximum absolute atomic E-state index is 12.5. The Morgan fingerprint density at radius 1 is 1.42 bits per heavy atom. The van der Waals surface area contributed by atoms with Crippen LogP contribution in [0.1, 0.15) is 18.5 Å². The number of carbonyl (C=O) groups is 1. The summed E-state index contributed by atoms with van der Waals surface area (Å²) in [6.07, 6.45) is -3.73. The average Bonchev–Trinajstić information content (AvgIpc) is 2.30. The molecule has 1 atom stereocenters. The zero-order chi connectivity index (χ0) is 14.0. The molecule has 2 heterocycles. The smallest absolute Gasteiger partial charge is 0.368 e. The Bertz CT molecular complexity index is 481. The van der Waals surface area contributed by atoms with Crippen LogP contribution in [0.2, 0.25) is 0 Å². The van der Waals surface area contributed by atoms with E-state index in [0.29, 0.717) is 19.4 Å². The molecule has 104 valence electrons. The maximum Gasteiger partial charge on any atom is 0.433 e. The lowest BCUT2D eigenvalue weighted by atomic mass is 10.1. The van der Waals surface area contributed by atoms with Crippen molar-refractivity contribution >= 4 is 17.7 Å². The number of nitrogens with zero attached hydrogens (tertiary/aromatic N) is 2. The summed E-state index contributed by atoms with van der Waals surface area (Å²) in [6.45, 7) is 0.337. The summed E-state index contributed by atoms with van der Waals surface area (Å²) in [7, 11) is 0. The number of aromatic nitrogens is 2. The number of anilines is 2. The Morgan fingerprint density at radius 2 is 2.16 bits per heavy atom. The minimum absolute atomic E-state index is 0.000902. The van der Waals surface area contributed by atoms with Crippen molar-refractivity contribution in [3.8, 4) is 0 Å². The summed E-state index contributed by atoms with van der Waals surface area (Å²) in [4.78, 5) is 17.8. The second kappa shape index (κ2) is 4.90. The van der Waals surface area contributed by atoms with Crippen LogP contribution in [0, 0.1) is 0 Å². The lowest BCUT2D eigenvalue weighted by Gasteiger charge is -2.24. The highest BCUT2D eigenvalue weighted by Gasteiger charge is 2.33. The molecule has 2 rings (SSSR count). The van der Waals surface area contributed by atoms with Gasteiger partial charge >= 0.3 is 6.18 Å². The largest absolute Gasteiger partial charge is 0.433 e. The molecular formula is C10H12F3N5O. The molecule has 0 aromatic carbocycles. The number of carbonyl (C=O) groups excluding carboxylic acids is 1. The van der Waals surface area contributed by atoms with Gasteiger partial charge in [-0.15, -0.1) is 0 Å². The molecule has 0 aliphatic carbocycles. The van der Waals surface area contributed by atoms with Crippen LogP contribution in [0.25, 0.3) is 0 Å². The van der Waals surface area contributed by atoms with Gasteiger partial charge in [-0.3, -0.25) is 4.79 Å². The maximum atomic E-state index is 12.5. The predicted molar refractivity (Wildman–Crippen MR) is 61.1 cm³/mol. The molecule has 1 aromatic heterocycles. The van der Waals surface area contributed by atoms with Crippen LogP contribution in [-0.4, -0.2) is 28.5 Å². The van der Waals surface area contributed by atoms with E-state index in [2.05, 4.69) is 20.6 Å². The first-order valence-electron chi connectivity index (χ1n) is 5.59. The van der Waals surface area contributed by atoms with Crippen molar-refractivity contribution in [1.82, 2.24) is 15.3 Å². The highest BCUT2D eigenvalue weighted by atomic mass is 19.4. The number of nitrogen functional groups attached to an aromatic ring is 1. The standard InChI is InChI=1S/C10H12F3N5O/c11-10(12,13)6-3-7(18-9(14)17-6)16-5-1-2-8(19)15-4-5/h3,5H,1-2,4H2,(H,15,19)(H3,14,16,17,18). The molecule has 6 nitrogen and oxygen atoms in total. The number of halogens is 3. The molecule has 1 fully saturated rings. The molecule has 1 saturated heterocycles. The van der Waals surface area contributed by atoms with Crippen LogP contribution in [0.5, 0.6) is 0 Å². The van der Waals surface area contributed by atoms with E-state index in [9.17, 15) is 18.0 Å². The van der Waals surface area contributed by atoms with Gasteiger partial charge in [0.05, 0.1) is 0 Å². The lowest BCUT2D eigenvalue weighted by Crippen LogP contribution is -2.42. The fraction of sp³-hybridized carbons (Fsp3) is 0.500. The van der Waals surface area contributed by atoms with Gasteiger partial charge in [-0.1, -0.05) is 0 Å². The summed E-state index contributed by atoms with van der Waals surface area (Å²) >= 11 is 0. The minimum atomic E-state index is -4.58. The van der Waals surface area contributed by atoms with E-state index in [1.807, 2.05) is 0 Å². The van der Waals surface area contributed by atoms with Crippen LogP contribution in [-0.2, 0) is 11.0 Å². The molecule has 0 bridgehead atoms. The highest BCUT2D eigenvalue weighted by molar-refractivity contribution is 5.77. The van der Waals surface area contributed by atoms with E-state index in [4.69, 9.17) is 5.73 Å². The van der Waals surface area contributed by atoms with Gasteiger partial charge in [0.1, 0.15) is 5.82 Å². The van der Waals surface area contributed by atoms with Crippen molar-refractivity contribution in [3.63, 3.8) is 0 Å². The Morgan fingerprint density at radius 3 is 2.74 bits per heavy atom. The first-order valence-corrected chi connectivity index (χ1v) is 5.59. The van der Waals surface area contributed by atoms with Gasteiger partial charge in [0.2, 0.25) is 11.9 Å². The summed E-state index contributed by atoms with van der Waals surface area (Å²) < 4.78 is 37.6. The summed E-state index contributed by atoms with van der Waals surface area (Å²) in [5, 5.41) is 5.42. The number of nitrogens with one attached hydrogen (secondary N) is 2. The van der Waals surface area contributed by atoms with Crippen LogP contribution in [0.4, 0.5) is 24.9 Å². The van der Waals surface area contributed by atoms with Gasteiger partial charge in [0, 0.05) is 25.1 Å². The number of piperidine rings is 1. The molecule has 19 heavy (non-hydrogen) atoms. The van der Waals surface area contributed by atoms with E-state index in [0.717, 1.165) is 6.07 Å². The molecule has 0 saturated carbocycles. The number of alkyl halides is 3. The fourth-order valence-electron chi connectivity index (χ4n) is 1.75. The molecule has 1 aliphatic heterocycles. The molecule has 9 heteroatoms. The zero-order valence-electron chi connectivity index (χ0n) is 9.79. The third kappa shape index (κ3) is 3.46. The van der Waals surface area contributed by atoms with Gasteiger partial charge in [0.25, 0.3) is 0 Å². The van der Waals surface area contributed by atoms with Gasteiger partial charge in [0.15, 0.2) is 5.69 Å². The van der Waals surface area contributed by atoms with Crippen LogP contribution >= 0.6 is 0 Å². The third-order valence-electron chi connectivity index (χ3n) is 2.65. The van der Waals surface area contributed by atoms with Gasteiger partial charge in [-0.2, -0.15) is 18.2 Å². The SMILES string of the molecule is Nc1nc(NC2CCC(=O)NC2)cc(C(F)(F)F)n1. The molecule has 1 aromatic rings. The molecular weight excluding hydrogens is 263 g/mol. The summed E-state index contributed by atoms with van der Waals surface area (Å²) in [5.74, 6) is -0.519. The number of hydrogen-bond acceptors (Lipinski definition) is 5. The monoisotopic (exact) mass is 275 g/mol. The molecule has 1 unspecified atom stereocenters. The quantitative estimate of drug-likeness (QED) is 0.741. The number of amides is 1. The lowest BCUT2D eigenvalue weighted by molar-refractivity contribution is -0.141. The van der Waals surface area contributed by atoms with Crippen molar-refractivity contribution in [2.45, 2.75) is 25.1 Å². The third-order valence-corrected chi connectivity index (χ3v) is 2.65. The van der Waals surface area contributed by atoms with E-state index in [1.54, 1.807) is 0 Å². The number of hydrogen-bond donors (Lipinski definition) is 3. The highest BCUT2D eigenvalue weighted by Crippen LogP contribution is 2.29. The molecule has 4 N–H and O–H groups in total. The minimum Gasteiger partial charge on any atom is -0.368 e. The molecule has 0 radical (unpaired) electrons. The molecule has 1 amide bonds. The first kappa shape index (κ1) is 13.4. The zero-order valence-corrected chi connectivity index (χ0v) is 9.79. The second-order valence-corrected chi connectivity index (χ2v) is 4.18. The van der Waals surface area contributed by atoms with E-state index >= 15 is 0 Å². The Hall–Kier alpha value is -2.06. The van der Waals surface area contributed by atoms with E-state index in [-0.39, 0.29) is 17.8 Å². The number of rotatable bonds is 2. The topological polar surface area (TPSA) is 92.9 Å².